The predicted octanol–water partition coefficient (Wildman–Crippen LogP) is 1.97. The molecule has 0 unspecified atom stereocenters. The van der Waals surface area contributed by atoms with Crippen LogP contribution in [-0.4, -0.2) is 26.9 Å². The van der Waals surface area contributed by atoms with Crippen LogP contribution >= 0.6 is 0 Å². The van der Waals surface area contributed by atoms with E-state index in [9.17, 15) is 18.0 Å². The van der Waals surface area contributed by atoms with Gasteiger partial charge in [-0.05, 0) is 29.7 Å². The maximum Gasteiger partial charge on any atom is 0.321 e. The van der Waals surface area contributed by atoms with Crippen molar-refractivity contribution in [2.24, 2.45) is 0 Å². The third-order valence-corrected chi connectivity index (χ3v) is 6.03. The monoisotopic (exact) mass is 385 g/mol. The summed E-state index contributed by atoms with van der Waals surface area (Å²) in [6.45, 7) is -0.386. The molecule has 0 atom stereocenters. The largest absolute Gasteiger partial charge is 0.467 e. The van der Waals surface area contributed by atoms with Crippen LogP contribution in [0.25, 0.3) is 10.8 Å². The van der Waals surface area contributed by atoms with Crippen molar-refractivity contribution >= 4 is 38.4 Å². The number of nitrogens with one attached hydrogen (secondary N) is 2. The molecule has 0 aliphatic carbocycles. The highest BCUT2D eigenvalue weighted by Crippen LogP contribution is 2.41. The van der Waals surface area contributed by atoms with Crippen molar-refractivity contribution in [2.45, 2.75) is 11.4 Å². The number of benzene rings is 2. The molecule has 0 fully saturated rings. The Morgan fingerprint density at radius 1 is 1.04 bits per heavy atom. The molecule has 1 aliphatic heterocycles. The third kappa shape index (κ3) is 3.02. The lowest BCUT2D eigenvalue weighted by molar-refractivity contribution is -0.118. The van der Waals surface area contributed by atoms with Crippen molar-refractivity contribution in [1.29, 1.82) is 0 Å². The molecule has 4 rings (SSSR count). The molecule has 9 heteroatoms. The topological polar surface area (TPSA) is 109 Å². The van der Waals surface area contributed by atoms with Crippen LogP contribution in [0.5, 0.6) is 0 Å². The second-order valence-corrected chi connectivity index (χ2v) is 7.78. The first-order chi connectivity index (χ1) is 13.0. The van der Waals surface area contributed by atoms with E-state index in [4.69, 9.17) is 4.42 Å². The highest BCUT2D eigenvalue weighted by molar-refractivity contribution is 7.93. The summed E-state index contributed by atoms with van der Waals surface area (Å²) in [5.41, 5.74) is 0.425. The van der Waals surface area contributed by atoms with Crippen LogP contribution in [0.3, 0.4) is 0 Å². The summed E-state index contributed by atoms with van der Waals surface area (Å²) < 4.78 is 31.7. The molecule has 0 radical (unpaired) electrons. The van der Waals surface area contributed by atoms with Gasteiger partial charge in [-0.2, -0.15) is 0 Å². The van der Waals surface area contributed by atoms with E-state index in [0.717, 1.165) is 9.69 Å². The SMILES string of the molecule is O=C(CN1c2cccc3cccc(c23)S1(=O)=O)NC(=O)NCc1ccco1. The van der Waals surface area contributed by atoms with Gasteiger partial charge in [0.15, 0.2) is 0 Å². The lowest BCUT2D eigenvalue weighted by Gasteiger charge is -2.18. The molecule has 2 heterocycles. The van der Waals surface area contributed by atoms with Crippen LogP contribution in [0, 0.1) is 0 Å². The van der Waals surface area contributed by atoms with Crippen molar-refractivity contribution in [2.75, 3.05) is 10.8 Å². The molecule has 2 N–H and O–H groups in total. The van der Waals surface area contributed by atoms with E-state index < -0.39 is 28.5 Å². The fourth-order valence-electron chi connectivity index (χ4n) is 3.05. The molecule has 1 aliphatic rings. The van der Waals surface area contributed by atoms with Gasteiger partial charge in [0, 0.05) is 5.39 Å². The fourth-order valence-corrected chi connectivity index (χ4v) is 4.72. The average molecular weight is 385 g/mol. The van der Waals surface area contributed by atoms with Crippen LogP contribution in [0.1, 0.15) is 5.76 Å². The van der Waals surface area contributed by atoms with Crippen LogP contribution in [0.15, 0.2) is 64.1 Å². The Morgan fingerprint density at radius 3 is 2.56 bits per heavy atom. The first kappa shape index (κ1) is 17.1. The minimum Gasteiger partial charge on any atom is -0.467 e. The molecule has 3 aromatic rings. The maximum atomic E-state index is 12.8. The van der Waals surface area contributed by atoms with E-state index in [0.29, 0.717) is 16.8 Å². The number of sulfonamides is 1. The number of hydrogen-bond donors (Lipinski definition) is 2. The van der Waals surface area contributed by atoms with Gasteiger partial charge in [-0.3, -0.25) is 14.4 Å². The number of rotatable bonds is 4. The maximum absolute atomic E-state index is 12.8. The minimum atomic E-state index is -3.85. The quantitative estimate of drug-likeness (QED) is 0.714. The Morgan fingerprint density at radius 2 is 1.81 bits per heavy atom. The second-order valence-electron chi connectivity index (χ2n) is 5.95. The van der Waals surface area contributed by atoms with Crippen LogP contribution in [0.4, 0.5) is 10.5 Å². The lowest BCUT2D eigenvalue weighted by Crippen LogP contribution is -2.45. The number of imide groups is 1. The highest BCUT2D eigenvalue weighted by atomic mass is 32.2. The molecule has 138 valence electrons. The number of anilines is 1. The van der Waals surface area contributed by atoms with E-state index in [-0.39, 0.29) is 11.4 Å². The lowest BCUT2D eigenvalue weighted by atomic mass is 10.1. The molecular weight excluding hydrogens is 370 g/mol. The zero-order valence-electron chi connectivity index (χ0n) is 14.0. The van der Waals surface area contributed by atoms with Gasteiger partial charge in [0.25, 0.3) is 10.0 Å². The molecule has 0 saturated heterocycles. The Kier molecular flexibility index (Phi) is 4.08. The van der Waals surface area contributed by atoms with Gasteiger partial charge >= 0.3 is 6.03 Å². The summed E-state index contributed by atoms with van der Waals surface area (Å²) in [5, 5.41) is 5.94. The van der Waals surface area contributed by atoms with Crippen molar-refractivity contribution in [3.8, 4) is 0 Å². The van der Waals surface area contributed by atoms with Crippen LogP contribution in [-0.2, 0) is 21.4 Å². The first-order valence-electron chi connectivity index (χ1n) is 8.11. The molecule has 2 aromatic carbocycles. The van der Waals surface area contributed by atoms with Crippen molar-refractivity contribution in [3.05, 3.63) is 60.6 Å². The minimum absolute atomic E-state index is 0.110. The number of carbonyl (C=O) groups excluding carboxylic acids is 2. The molecule has 0 bridgehead atoms. The van der Waals surface area contributed by atoms with Gasteiger partial charge in [0.1, 0.15) is 12.3 Å². The summed E-state index contributed by atoms with van der Waals surface area (Å²) >= 11 is 0. The Bertz CT molecular complexity index is 1130. The van der Waals surface area contributed by atoms with E-state index in [1.165, 1.54) is 12.3 Å². The summed E-state index contributed by atoms with van der Waals surface area (Å²) in [5.74, 6) is -0.206. The predicted molar refractivity (Wildman–Crippen MR) is 97.6 cm³/mol. The fraction of sp³-hybridized carbons (Fsp3) is 0.111. The number of carbonyl (C=O) groups is 2. The summed E-state index contributed by atoms with van der Waals surface area (Å²) in [6, 6.07) is 12.8. The van der Waals surface area contributed by atoms with Gasteiger partial charge in [-0.15, -0.1) is 0 Å². The van der Waals surface area contributed by atoms with E-state index in [2.05, 4.69) is 10.6 Å². The van der Waals surface area contributed by atoms with Gasteiger partial charge < -0.3 is 9.73 Å². The van der Waals surface area contributed by atoms with Gasteiger partial charge in [0.05, 0.1) is 23.4 Å². The number of amides is 3. The van der Waals surface area contributed by atoms with E-state index >= 15 is 0 Å². The zero-order valence-corrected chi connectivity index (χ0v) is 14.8. The van der Waals surface area contributed by atoms with Gasteiger partial charge in [-0.1, -0.05) is 24.3 Å². The smallest absolute Gasteiger partial charge is 0.321 e. The standard InChI is InChI=1S/C18H15N3O5S/c22-16(20-18(23)19-10-13-6-3-9-26-13)11-21-14-7-1-4-12-5-2-8-15(17(12)14)27(21,24)25/h1-9H,10-11H2,(H2,19,20,22,23). The number of nitrogens with zero attached hydrogens (tertiary/aromatic N) is 1. The molecule has 3 amide bonds. The molecule has 27 heavy (non-hydrogen) atoms. The summed E-state index contributed by atoms with van der Waals surface area (Å²) in [4.78, 5) is 24.2. The Hall–Kier alpha value is -3.33. The third-order valence-electron chi connectivity index (χ3n) is 4.22. The average Bonchev–Trinajstić information content (AvgIpc) is 3.23. The number of furan rings is 1. The molecule has 0 spiro atoms. The van der Waals surface area contributed by atoms with Gasteiger partial charge in [0.2, 0.25) is 5.91 Å². The molecule has 0 saturated carbocycles. The molecular formula is C18H15N3O5S. The summed E-state index contributed by atoms with van der Waals surface area (Å²) in [7, 11) is -3.85. The Balaban J connectivity index is 1.49. The highest BCUT2D eigenvalue weighted by Gasteiger charge is 2.36. The van der Waals surface area contributed by atoms with Gasteiger partial charge in [-0.25, -0.2) is 13.2 Å². The molecule has 8 nitrogen and oxygen atoms in total. The van der Waals surface area contributed by atoms with Crippen molar-refractivity contribution < 1.29 is 22.4 Å². The van der Waals surface area contributed by atoms with Crippen LogP contribution in [0.2, 0.25) is 0 Å². The van der Waals surface area contributed by atoms with Crippen LogP contribution < -0.4 is 14.9 Å². The first-order valence-corrected chi connectivity index (χ1v) is 9.55. The normalized spacial score (nSPS) is 14.3. The van der Waals surface area contributed by atoms with E-state index in [1.807, 2.05) is 12.1 Å². The second kappa shape index (κ2) is 6.44. The van der Waals surface area contributed by atoms with E-state index in [1.54, 1.807) is 30.3 Å². The molecule has 1 aromatic heterocycles. The Labute approximate surface area is 154 Å². The number of urea groups is 1. The van der Waals surface area contributed by atoms with Crippen molar-refractivity contribution in [1.82, 2.24) is 10.6 Å². The number of hydrogen-bond acceptors (Lipinski definition) is 5. The summed E-state index contributed by atoms with van der Waals surface area (Å²) in [6.07, 6.45) is 1.47. The zero-order chi connectivity index (χ0) is 19.0. The van der Waals surface area contributed by atoms with Crippen molar-refractivity contribution in [3.63, 3.8) is 0 Å².